The zero-order valence-corrected chi connectivity index (χ0v) is 12.4. The number of nitrogens with zero attached hydrogens (tertiary/aromatic N) is 2. The first kappa shape index (κ1) is 15.0. The largest absolute Gasteiger partial charge is 0.299 e. The van der Waals surface area contributed by atoms with E-state index in [0.717, 1.165) is 25.9 Å². The lowest BCUT2D eigenvalue weighted by Crippen LogP contribution is -2.40. The molecule has 0 saturated carbocycles. The van der Waals surface area contributed by atoms with Gasteiger partial charge in [0.1, 0.15) is 6.07 Å². The maximum absolute atomic E-state index is 12.3. The van der Waals surface area contributed by atoms with Gasteiger partial charge in [0, 0.05) is 12.6 Å². The molecule has 0 aromatic heterocycles. The second-order valence-corrected chi connectivity index (χ2v) is 6.62. The van der Waals surface area contributed by atoms with Crippen molar-refractivity contribution in [1.29, 1.82) is 5.26 Å². The van der Waals surface area contributed by atoms with Crippen LogP contribution in [0.15, 0.2) is 29.2 Å². The summed E-state index contributed by atoms with van der Waals surface area (Å²) >= 11 is 0. The molecule has 0 radical (unpaired) electrons. The lowest BCUT2D eigenvalue weighted by atomic mass is 10.2. The van der Waals surface area contributed by atoms with Gasteiger partial charge in [0.25, 0.3) is 0 Å². The average molecular weight is 293 g/mol. The second-order valence-electron chi connectivity index (χ2n) is 4.88. The van der Waals surface area contributed by atoms with Crippen LogP contribution in [0.1, 0.15) is 25.3 Å². The molecule has 1 aliphatic heterocycles. The maximum Gasteiger partial charge on any atom is 0.241 e. The Morgan fingerprint density at radius 1 is 1.45 bits per heavy atom. The lowest BCUT2D eigenvalue weighted by Gasteiger charge is -2.22. The van der Waals surface area contributed by atoms with Crippen LogP contribution >= 0.6 is 0 Å². The third kappa shape index (κ3) is 3.18. The molecule has 5 nitrogen and oxygen atoms in total. The predicted octanol–water partition coefficient (Wildman–Crippen LogP) is 1.32. The predicted molar refractivity (Wildman–Crippen MR) is 76.6 cm³/mol. The van der Waals surface area contributed by atoms with Crippen LogP contribution in [-0.2, 0) is 10.0 Å². The molecule has 1 fully saturated rings. The molecule has 1 heterocycles. The van der Waals surface area contributed by atoms with E-state index in [2.05, 4.69) is 16.5 Å². The molecule has 1 aromatic carbocycles. The Morgan fingerprint density at radius 3 is 2.90 bits per heavy atom. The van der Waals surface area contributed by atoms with Crippen LogP contribution in [0.3, 0.4) is 0 Å². The standard InChI is InChI=1S/C14H19N3O2S/c1-2-17-9-5-7-13(17)11-16-20(18,19)14-8-4-3-6-12(14)10-15/h3-4,6,8,13,16H,2,5,7,9,11H2,1H3. The van der Waals surface area contributed by atoms with Gasteiger partial charge in [0.15, 0.2) is 0 Å². The molecule has 0 aliphatic carbocycles. The SMILES string of the molecule is CCN1CCCC1CNS(=O)(=O)c1ccccc1C#N. The van der Waals surface area contributed by atoms with E-state index in [1.54, 1.807) is 12.1 Å². The summed E-state index contributed by atoms with van der Waals surface area (Å²) in [6, 6.07) is 8.44. The van der Waals surface area contributed by atoms with Gasteiger partial charge >= 0.3 is 0 Å². The minimum absolute atomic E-state index is 0.0588. The third-order valence-corrected chi connectivity index (χ3v) is 5.19. The fraction of sp³-hybridized carbons (Fsp3) is 0.500. The van der Waals surface area contributed by atoms with Gasteiger partial charge in [-0.2, -0.15) is 5.26 Å². The zero-order valence-electron chi connectivity index (χ0n) is 11.5. The van der Waals surface area contributed by atoms with E-state index in [4.69, 9.17) is 5.26 Å². The van der Waals surface area contributed by atoms with Crippen LogP contribution in [0.4, 0.5) is 0 Å². The molecule has 1 atom stereocenters. The Kier molecular flexibility index (Phi) is 4.76. The summed E-state index contributed by atoms with van der Waals surface area (Å²) in [5.74, 6) is 0. The Hall–Kier alpha value is -1.42. The van der Waals surface area contributed by atoms with Crippen LogP contribution in [0.25, 0.3) is 0 Å². The normalized spacial score (nSPS) is 19.9. The summed E-state index contributed by atoms with van der Waals surface area (Å²) in [5.41, 5.74) is 0.179. The van der Waals surface area contributed by atoms with Crippen molar-refractivity contribution >= 4 is 10.0 Å². The Labute approximate surface area is 120 Å². The first-order chi connectivity index (χ1) is 9.58. The fourth-order valence-electron chi connectivity index (χ4n) is 2.62. The molecule has 1 unspecified atom stereocenters. The van der Waals surface area contributed by atoms with E-state index < -0.39 is 10.0 Å². The van der Waals surface area contributed by atoms with Gasteiger partial charge in [-0.05, 0) is 38.1 Å². The summed E-state index contributed by atoms with van der Waals surface area (Å²) in [4.78, 5) is 2.34. The van der Waals surface area contributed by atoms with Crippen molar-refractivity contribution in [2.75, 3.05) is 19.6 Å². The smallest absolute Gasteiger partial charge is 0.241 e. The van der Waals surface area contributed by atoms with Crippen molar-refractivity contribution < 1.29 is 8.42 Å². The summed E-state index contributed by atoms with van der Waals surface area (Å²) in [7, 11) is -3.62. The van der Waals surface area contributed by atoms with Crippen LogP contribution in [-0.4, -0.2) is 39.0 Å². The molecule has 6 heteroatoms. The minimum atomic E-state index is -3.62. The van der Waals surface area contributed by atoms with Gasteiger partial charge < -0.3 is 0 Å². The molecule has 1 aromatic rings. The van der Waals surface area contributed by atoms with Crippen molar-refractivity contribution in [2.24, 2.45) is 0 Å². The number of hydrogen-bond acceptors (Lipinski definition) is 4. The second kappa shape index (κ2) is 6.35. The van der Waals surface area contributed by atoms with Crippen LogP contribution < -0.4 is 4.72 Å². The fourth-order valence-corrected chi connectivity index (χ4v) is 3.85. The third-order valence-electron chi connectivity index (χ3n) is 3.71. The van der Waals surface area contributed by atoms with Gasteiger partial charge in [-0.1, -0.05) is 19.1 Å². The number of likely N-dealkylation sites (tertiary alicyclic amines) is 1. The van der Waals surface area contributed by atoms with E-state index in [1.807, 2.05) is 6.07 Å². The number of benzene rings is 1. The van der Waals surface area contributed by atoms with Gasteiger partial charge in [0.2, 0.25) is 10.0 Å². The van der Waals surface area contributed by atoms with Gasteiger partial charge in [-0.15, -0.1) is 0 Å². The highest BCUT2D eigenvalue weighted by Gasteiger charge is 2.25. The zero-order chi connectivity index (χ0) is 14.6. The van der Waals surface area contributed by atoms with Crippen molar-refractivity contribution in [3.05, 3.63) is 29.8 Å². The van der Waals surface area contributed by atoms with E-state index in [1.165, 1.54) is 12.1 Å². The maximum atomic E-state index is 12.3. The molecule has 108 valence electrons. The summed E-state index contributed by atoms with van der Waals surface area (Å²) in [6.45, 7) is 4.44. The Morgan fingerprint density at radius 2 is 2.20 bits per heavy atom. The van der Waals surface area contributed by atoms with E-state index >= 15 is 0 Å². The Balaban J connectivity index is 2.10. The first-order valence-corrected chi connectivity index (χ1v) is 8.29. The lowest BCUT2D eigenvalue weighted by molar-refractivity contribution is 0.268. The van der Waals surface area contributed by atoms with Gasteiger partial charge in [-0.3, -0.25) is 4.90 Å². The molecule has 1 saturated heterocycles. The number of hydrogen-bond donors (Lipinski definition) is 1. The molecule has 0 spiro atoms. The molecule has 20 heavy (non-hydrogen) atoms. The summed E-state index contributed by atoms with van der Waals surface area (Å²) < 4.78 is 27.2. The number of rotatable bonds is 5. The number of nitriles is 1. The van der Waals surface area contributed by atoms with Crippen molar-refractivity contribution in [2.45, 2.75) is 30.7 Å². The minimum Gasteiger partial charge on any atom is -0.299 e. The summed E-state index contributed by atoms with van der Waals surface area (Å²) in [5, 5.41) is 8.99. The summed E-state index contributed by atoms with van der Waals surface area (Å²) in [6.07, 6.45) is 2.12. The molecular weight excluding hydrogens is 274 g/mol. The molecular formula is C14H19N3O2S. The first-order valence-electron chi connectivity index (χ1n) is 6.81. The number of likely N-dealkylation sites (N-methyl/N-ethyl adjacent to an activating group) is 1. The van der Waals surface area contributed by atoms with E-state index in [9.17, 15) is 8.42 Å². The molecule has 2 rings (SSSR count). The topological polar surface area (TPSA) is 73.2 Å². The highest BCUT2D eigenvalue weighted by Crippen LogP contribution is 2.18. The Bertz CT molecular complexity index is 607. The molecule has 0 amide bonds. The van der Waals surface area contributed by atoms with Crippen molar-refractivity contribution in [1.82, 2.24) is 9.62 Å². The van der Waals surface area contributed by atoms with Crippen LogP contribution in [0.5, 0.6) is 0 Å². The molecule has 0 bridgehead atoms. The highest BCUT2D eigenvalue weighted by molar-refractivity contribution is 7.89. The van der Waals surface area contributed by atoms with Crippen LogP contribution in [0.2, 0.25) is 0 Å². The van der Waals surface area contributed by atoms with E-state index in [0.29, 0.717) is 6.54 Å². The average Bonchev–Trinajstić information content (AvgIpc) is 2.92. The monoisotopic (exact) mass is 293 g/mol. The van der Waals surface area contributed by atoms with Crippen molar-refractivity contribution in [3.8, 4) is 6.07 Å². The number of sulfonamides is 1. The van der Waals surface area contributed by atoms with Gasteiger partial charge in [0.05, 0.1) is 10.5 Å². The highest BCUT2D eigenvalue weighted by atomic mass is 32.2. The van der Waals surface area contributed by atoms with Gasteiger partial charge in [-0.25, -0.2) is 13.1 Å². The molecule has 1 N–H and O–H groups in total. The number of nitrogens with one attached hydrogen (secondary N) is 1. The van der Waals surface area contributed by atoms with E-state index in [-0.39, 0.29) is 16.5 Å². The quantitative estimate of drug-likeness (QED) is 0.888. The van der Waals surface area contributed by atoms with Crippen LogP contribution in [0, 0.1) is 11.3 Å². The van der Waals surface area contributed by atoms with Crippen molar-refractivity contribution in [3.63, 3.8) is 0 Å². The molecule has 1 aliphatic rings.